The zero-order valence-electron chi connectivity index (χ0n) is 19.7. The normalized spacial score (nSPS) is 14.1. The van der Waals surface area contributed by atoms with Gasteiger partial charge in [0.2, 0.25) is 0 Å². The topological polar surface area (TPSA) is 116 Å². The van der Waals surface area contributed by atoms with E-state index in [0.29, 0.717) is 11.5 Å². The van der Waals surface area contributed by atoms with E-state index in [-0.39, 0.29) is 18.4 Å². The molecular weight excluding hydrogens is 463 g/mol. The van der Waals surface area contributed by atoms with Gasteiger partial charge in [0.05, 0.1) is 12.4 Å². The number of ether oxygens (including phenoxy) is 2. The lowest BCUT2D eigenvalue weighted by atomic mass is 10.2. The van der Waals surface area contributed by atoms with Gasteiger partial charge >= 0.3 is 6.18 Å². The van der Waals surface area contributed by atoms with Crippen molar-refractivity contribution in [3.05, 3.63) is 60.2 Å². The van der Waals surface area contributed by atoms with Crippen LogP contribution in [0.25, 0.3) is 0 Å². The summed E-state index contributed by atoms with van der Waals surface area (Å²) in [5.41, 5.74) is 10.2. The SMILES string of the molecule is CC(C)N=C/C(=C\N)OCC(N)=O.FC(F)(F)c1ccc(Oc2cccc(N3CCCC3)c2)cn1. The highest BCUT2D eigenvalue weighted by Gasteiger charge is 2.32. The predicted molar refractivity (Wildman–Crippen MR) is 128 cm³/mol. The lowest BCUT2D eigenvalue weighted by molar-refractivity contribution is -0.141. The molecule has 0 atom stereocenters. The molecule has 4 N–H and O–H groups in total. The number of rotatable bonds is 8. The Kier molecular flexibility index (Phi) is 10.4. The van der Waals surface area contributed by atoms with Gasteiger partial charge in [-0.1, -0.05) is 6.07 Å². The summed E-state index contributed by atoms with van der Waals surface area (Å²) in [6, 6.07) is 9.90. The van der Waals surface area contributed by atoms with Gasteiger partial charge in [-0.3, -0.25) is 9.79 Å². The molecule has 0 saturated carbocycles. The van der Waals surface area contributed by atoms with Crippen LogP contribution < -0.4 is 21.1 Å². The Morgan fingerprint density at radius 3 is 2.46 bits per heavy atom. The Morgan fingerprint density at radius 2 is 1.91 bits per heavy atom. The first-order valence-corrected chi connectivity index (χ1v) is 11.0. The number of nitrogens with zero attached hydrogens (tertiary/aromatic N) is 3. The van der Waals surface area contributed by atoms with E-state index in [9.17, 15) is 18.0 Å². The van der Waals surface area contributed by atoms with E-state index >= 15 is 0 Å². The van der Waals surface area contributed by atoms with Crippen LogP contribution >= 0.6 is 0 Å². The molecule has 0 radical (unpaired) electrons. The van der Waals surface area contributed by atoms with Crippen LogP contribution in [0, 0.1) is 0 Å². The lowest BCUT2D eigenvalue weighted by Crippen LogP contribution is -2.18. The Morgan fingerprint density at radius 1 is 1.20 bits per heavy atom. The van der Waals surface area contributed by atoms with E-state index in [1.54, 1.807) is 6.07 Å². The molecule has 1 fully saturated rings. The van der Waals surface area contributed by atoms with Crippen molar-refractivity contribution in [2.75, 3.05) is 24.6 Å². The molecule has 0 unspecified atom stereocenters. The molecule has 190 valence electrons. The number of aliphatic imine (C=N–C) groups is 1. The molecule has 1 aliphatic rings. The number of nitrogens with two attached hydrogens (primary N) is 2. The number of pyridine rings is 1. The molecule has 2 heterocycles. The van der Waals surface area contributed by atoms with Crippen molar-refractivity contribution in [2.24, 2.45) is 16.5 Å². The van der Waals surface area contributed by atoms with E-state index < -0.39 is 17.8 Å². The van der Waals surface area contributed by atoms with Crippen LogP contribution in [0.1, 0.15) is 32.4 Å². The summed E-state index contributed by atoms with van der Waals surface area (Å²) in [7, 11) is 0. The number of halogens is 3. The smallest absolute Gasteiger partial charge is 0.433 e. The standard InChI is InChI=1S/C16H15F3N2O.C8H15N3O2/c17-16(18,19)15-7-6-14(11-20-15)22-13-5-3-4-12(10-13)21-8-1-2-9-21;1-6(2)11-4-7(3-9)13-5-8(10)12/h3-7,10-11H,1-2,8-9H2;3-4,6H,5,9H2,1-2H3,(H2,10,12)/b;7-3+,11-4?. The minimum absolute atomic E-state index is 0.159. The largest absolute Gasteiger partial charge is 0.481 e. The van der Waals surface area contributed by atoms with Crippen molar-refractivity contribution in [2.45, 2.75) is 38.9 Å². The number of anilines is 1. The number of primary amides is 1. The van der Waals surface area contributed by atoms with Gasteiger partial charge in [0.25, 0.3) is 5.91 Å². The molecule has 0 bridgehead atoms. The summed E-state index contributed by atoms with van der Waals surface area (Å²) < 4.78 is 47.9. The number of benzene rings is 1. The molecule has 8 nitrogen and oxygen atoms in total. The summed E-state index contributed by atoms with van der Waals surface area (Å²) >= 11 is 0. The molecular formula is C24H30F3N5O3. The second-order valence-corrected chi connectivity index (χ2v) is 7.87. The van der Waals surface area contributed by atoms with Crippen molar-refractivity contribution in [1.29, 1.82) is 0 Å². The van der Waals surface area contributed by atoms with Crippen LogP contribution in [0.4, 0.5) is 18.9 Å². The molecule has 1 aromatic heterocycles. The fourth-order valence-electron chi connectivity index (χ4n) is 2.97. The zero-order chi connectivity index (χ0) is 25.8. The Labute approximate surface area is 202 Å². The van der Waals surface area contributed by atoms with Gasteiger partial charge in [0.1, 0.15) is 17.2 Å². The quantitative estimate of drug-likeness (QED) is 0.419. The summed E-state index contributed by atoms with van der Waals surface area (Å²) in [4.78, 5) is 20.0. The second kappa shape index (κ2) is 13.2. The highest BCUT2D eigenvalue weighted by Crippen LogP contribution is 2.30. The Hall–Kier alpha value is -3.76. The summed E-state index contributed by atoms with van der Waals surface area (Å²) in [6.45, 7) is 5.68. The maximum Gasteiger partial charge on any atom is 0.433 e. The number of carbonyl (C=O) groups excluding carboxylic acids is 1. The predicted octanol–water partition coefficient (Wildman–Crippen LogP) is 4.26. The molecule has 2 aromatic rings. The van der Waals surface area contributed by atoms with Gasteiger partial charge in [-0.2, -0.15) is 13.2 Å². The molecule has 0 aliphatic carbocycles. The van der Waals surface area contributed by atoms with Gasteiger partial charge in [-0.15, -0.1) is 0 Å². The molecule has 35 heavy (non-hydrogen) atoms. The highest BCUT2D eigenvalue weighted by molar-refractivity contribution is 5.78. The van der Waals surface area contributed by atoms with E-state index in [0.717, 1.165) is 31.0 Å². The fraction of sp³-hybridized carbons (Fsp3) is 0.375. The molecule has 3 rings (SSSR count). The van der Waals surface area contributed by atoms with Crippen molar-refractivity contribution >= 4 is 17.8 Å². The first kappa shape index (κ1) is 27.5. The van der Waals surface area contributed by atoms with Gasteiger partial charge < -0.3 is 25.8 Å². The summed E-state index contributed by atoms with van der Waals surface area (Å²) in [5.74, 6) is 0.669. The third-order valence-electron chi connectivity index (χ3n) is 4.60. The molecule has 1 amide bonds. The first-order chi connectivity index (χ1) is 16.6. The number of amides is 1. The zero-order valence-corrected chi connectivity index (χ0v) is 19.7. The first-order valence-electron chi connectivity index (χ1n) is 11.0. The fourth-order valence-corrected chi connectivity index (χ4v) is 2.97. The van der Waals surface area contributed by atoms with Crippen molar-refractivity contribution in [3.63, 3.8) is 0 Å². The molecule has 1 aliphatic heterocycles. The van der Waals surface area contributed by atoms with Crippen molar-refractivity contribution in [3.8, 4) is 11.5 Å². The molecule has 1 saturated heterocycles. The molecule has 1 aromatic carbocycles. The number of alkyl halides is 3. The van der Waals surface area contributed by atoms with Gasteiger partial charge in [0, 0.05) is 37.1 Å². The molecule has 0 spiro atoms. The average molecular weight is 494 g/mol. The Bertz CT molecular complexity index is 1000. The van der Waals surface area contributed by atoms with E-state index in [1.165, 1.54) is 31.3 Å². The summed E-state index contributed by atoms with van der Waals surface area (Å²) in [6.07, 6.45) is 1.70. The lowest BCUT2D eigenvalue weighted by Gasteiger charge is -2.18. The van der Waals surface area contributed by atoms with Gasteiger partial charge in [0.15, 0.2) is 12.4 Å². The van der Waals surface area contributed by atoms with Gasteiger partial charge in [-0.05, 0) is 51.0 Å². The van der Waals surface area contributed by atoms with Crippen LogP contribution in [0.15, 0.2) is 59.5 Å². The molecule has 11 heteroatoms. The Balaban J connectivity index is 0.000000287. The van der Waals surface area contributed by atoms with Crippen LogP contribution in [0.2, 0.25) is 0 Å². The van der Waals surface area contributed by atoms with Crippen LogP contribution in [0.3, 0.4) is 0 Å². The van der Waals surface area contributed by atoms with Crippen LogP contribution in [0.5, 0.6) is 11.5 Å². The highest BCUT2D eigenvalue weighted by atomic mass is 19.4. The average Bonchev–Trinajstić information content (AvgIpc) is 3.34. The second-order valence-electron chi connectivity index (χ2n) is 7.87. The maximum absolute atomic E-state index is 12.5. The number of allylic oxidation sites excluding steroid dienone is 1. The van der Waals surface area contributed by atoms with Crippen LogP contribution in [-0.4, -0.2) is 42.8 Å². The third-order valence-corrected chi connectivity index (χ3v) is 4.60. The van der Waals surface area contributed by atoms with E-state index in [4.69, 9.17) is 20.9 Å². The van der Waals surface area contributed by atoms with E-state index in [1.807, 2.05) is 32.0 Å². The van der Waals surface area contributed by atoms with Crippen molar-refractivity contribution in [1.82, 2.24) is 4.98 Å². The number of hydrogen-bond donors (Lipinski definition) is 2. The van der Waals surface area contributed by atoms with Crippen LogP contribution in [-0.2, 0) is 15.7 Å². The monoisotopic (exact) mass is 493 g/mol. The minimum Gasteiger partial charge on any atom is -0.481 e. The van der Waals surface area contributed by atoms with Gasteiger partial charge in [-0.25, -0.2) is 4.98 Å². The number of aromatic nitrogens is 1. The third kappa shape index (κ3) is 9.95. The number of carbonyl (C=O) groups is 1. The van der Waals surface area contributed by atoms with E-state index in [2.05, 4.69) is 14.9 Å². The minimum atomic E-state index is -4.44. The maximum atomic E-state index is 12.5. The summed E-state index contributed by atoms with van der Waals surface area (Å²) in [5, 5.41) is 0. The van der Waals surface area contributed by atoms with Crippen molar-refractivity contribution < 1.29 is 27.4 Å². The number of hydrogen-bond acceptors (Lipinski definition) is 7.